The summed E-state index contributed by atoms with van der Waals surface area (Å²) in [5.41, 5.74) is -0.665. The predicted molar refractivity (Wildman–Crippen MR) is 60.3 cm³/mol. The minimum atomic E-state index is -3.41. The van der Waals surface area contributed by atoms with Gasteiger partial charge in [-0.1, -0.05) is 6.92 Å². The molecule has 2 N–H and O–H groups in total. The van der Waals surface area contributed by atoms with Crippen molar-refractivity contribution in [2.75, 3.05) is 6.54 Å². The molecule has 0 aromatic rings. The highest BCUT2D eigenvalue weighted by Gasteiger charge is 2.44. The Bertz CT molecular complexity index is 381. The van der Waals surface area contributed by atoms with Crippen molar-refractivity contribution < 1.29 is 13.2 Å². The van der Waals surface area contributed by atoms with Gasteiger partial charge >= 0.3 is 0 Å². The Hall–Kier alpha value is -0.620. The normalized spacial score (nSPS) is 30.3. The maximum Gasteiger partial charge on any atom is 0.253 e. The second-order valence-corrected chi connectivity index (χ2v) is 6.60. The first kappa shape index (κ1) is 11.9. The van der Waals surface area contributed by atoms with Crippen LogP contribution in [0, 0.1) is 0 Å². The Kier molecular flexibility index (Phi) is 2.96. The number of hydrogen-bond acceptors (Lipinski definition) is 4. The molecule has 2 aliphatic rings. The molecule has 1 aliphatic carbocycles. The van der Waals surface area contributed by atoms with Gasteiger partial charge in [0.05, 0.1) is 10.8 Å². The molecule has 1 saturated heterocycles. The quantitative estimate of drug-likeness (QED) is 0.739. The minimum Gasteiger partial charge on any atom is -0.303 e. The van der Waals surface area contributed by atoms with Crippen molar-refractivity contribution in [3.8, 4) is 0 Å². The van der Waals surface area contributed by atoms with E-state index in [0.29, 0.717) is 19.3 Å². The van der Waals surface area contributed by atoms with Crippen LogP contribution in [0.25, 0.3) is 0 Å². The lowest BCUT2D eigenvalue weighted by molar-refractivity contribution is -0.125. The smallest absolute Gasteiger partial charge is 0.253 e. The van der Waals surface area contributed by atoms with Gasteiger partial charge in [0.1, 0.15) is 0 Å². The first-order chi connectivity index (χ1) is 7.50. The van der Waals surface area contributed by atoms with Crippen LogP contribution in [-0.2, 0) is 14.8 Å². The Morgan fingerprint density at radius 2 is 2.19 bits per heavy atom. The summed E-state index contributed by atoms with van der Waals surface area (Å²) in [7, 11) is -3.41. The number of carbonyl (C=O) groups is 1. The van der Waals surface area contributed by atoms with Crippen molar-refractivity contribution in [3.05, 3.63) is 0 Å². The Labute approximate surface area is 96.0 Å². The molecule has 0 aromatic carbocycles. The molecule has 0 spiro atoms. The molecule has 0 bridgehead atoms. The highest BCUT2D eigenvalue weighted by molar-refractivity contribution is 7.90. The number of carbonyl (C=O) groups excluding carboxylic acids is 1. The number of sulfonamides is 1. The molecule has 16 heavy (non-hydrogen) atoms. The van der Waals surface area contributed by atoms with Crippen LogP contribution in [-0.4, -0.2) is 31.7 Å². The van der Waals surface area contributed by atoms with Gasteiger partial charge in [0, 0.05) is 0 Å². The van der Waals surface area contributed by atoms with Gasteiger partial charge in [-0.15, -0.1) is 0 Å². The van der Waals surface area contributed by atoms with Gasteiger partial charge in [0.25, 0.3) is 5.91 Å². The largest absolute Gasteiger partial charge is 0.303 e. The van der Waals surface area contributed by atoms with E-state index >= 15 is 0 Å². The van der Waals surface area contributed by atoms with E-state index in [1.807, 2.05) is 6.92 Å². The summed E-state index contributed by atoms with van der Waals surface area (Å²) in [6.45, 7) is 2.69. The van der Waals surface area contributed by atoms with Gasteiger partial charge in [0.2, 0.25) is 10.0 Å². The third-order valence-corrected chi connectivity index (χ3v) is 5.30. The SMILES string of the molecule is CCC1(C(=O)NS(=O)(=O)C2CC2)CCCN1. The first-order valence-electron chi connectivity index (χ1n) is 5.81. The monoisotopic (exact) mass is 246 g/mol. The zero-order chi connectivity index (χ0) is 11.8. The van der Waals surface area contributed by atoms with Gasteiger partial charge in [-0.2, -0.15) is 0 Å². The molecule has 5 nitrogen and oxygen atoms in total. The molecule has 0 aromatic heterocycles. The van der Waals surface area contributed by atoms with Gasteiger partial charge in [-0.25, -0.2) is 8.42 Å². The van der Waals surface area contributed by atoms with E-state index in [9.17, 15) is 13.2 Å². The van der Waals surface area contributed by atoms with Crippen LogP contribution >= 0.6 is 0 Å². The van der Waals surface area contributed by atoms with Crippen molar-refractivity contribution >= 4 is 15.9 Å². The second kappa shape index (κ2) is 4.00. The molecular formula is C10H18N2O3S. The molecule has 2 fully saturated rings. The van der Waals surface area contributed by atoms with Crippen molar-refractivity contribution in [2.24, 2.45) is 0 Å². The van der Waals surface area contributed by atoms with Gasteiger partial charge in [-0.3, -0.25) is 9.52 Å². The van der Waals surface area contributed by atoms with E-state index in [1.165, 1.54) is 0 Å². The average molecular weight is 246 g/mol. The fourth-order valence-corrected chi connectivity index (χ4v) is 3.53. The molecule has 92 valence electrons. The summed E-state index contributed by atoms with van der Waals surface area (Å²) < 4.78 is 25.5. The zero-order valence-electron chi connectivity index (χ0n) is 9.45. The summed E-state index contributed by atoms with van der Waals surface area (Å²) in [6.07, 6.45) is 3.61. The lowest BCUT2D eigenvalue weighted by atomic mass is 9.94. The summed E-state index contributed by atoms with van der Waals surface area (Å²) in [5.74, 6) is -0.376. The lowest BCUT2D eigenvalue weighted by Gasteiger charge is -2.26. The van der Waals surface area contributed by atoms with Crippen LogP contribution in [0.2, 0.25) is 0 Å². The van der Waals surface area contributed by atoms with Crippen molar-refractivity contribution in [1.29, 1.82) is 0 Å². The molecule has 1 atom stereocenters. The average Bonchev–Trinajstić information content (AvgIpc) is 2.97. The van der Waals surface area contributed by atoms with Crippen LogP contribution in [0.15, 0.2) is 0 Å². The number of hydrogen-bond donors (Lipinski definition) is 2. The molecular weight excluding hydrogens is 228 g/mol. The van der Waals surface area contributed by atoms with E-state index in [4.69, 9.17) is 0 Å². The Morgan fingerprint density at radius 1 is 1.50 bits per heavy atom. The fourth-order valence-electron chi connectivity index (χ4n) is 2.15. The number of amides is 1. The van der Waals surface area contributed by atoms with E-state index in [-0.39, 0.29) is 11.2 Å². The van der Waals surface area contributed by atoms with E-state index in [0.717, 1.165) is 19.4 Å². The van der Waals surface area contributed by atoms with Crippen molar-refractivity contribution in [1.82, 2.24) is 10.0 Å². The predicted octanol–water partition coefficient (Wildman–Crippen LogP) is 0.127. The number of nitrogens with one attached hydrogen (secondary N) is 2. The van der Waals surface area contributed by atoms with E-state index in [1.54, 1.807) is 0 Å². The number of rotatable bonds is 4. The molecule has 1 unspecified atom stereocenters. The van der Waals surface area contributed by atoms with Crippen LogP contribution in [0.4, 0.5) is 0 Å². The van der Waals surface area contributed by atoms with Crippen LogP contribution in [0.1, 0.15) is 39.0 Å². The zero-order valence-corrected chi connectivity index (χ0v) is 10.3. The third kappa shape index (κ3) is 2.08. The molecule has 1 saturated carbocycles. The molecule has 2 rings (SSSR count). The maximum absolute atomic E-state index is 12.0. The van der Waals surface area contributed by atoms with Gasteiger partial charge in [-0.05, 0) is 38.6 Å². The molecule has 6 heteroatoms. The molecule has 0 radical (unpaired) electrons. The van der Waals surface area contributed by atoms with Crippen molar-refractivity contribution in [3.63, 3.8) is 0 Å². The third-order valence-electron chi connectivity index (χ3n) is 3.48. The van der Waals surface area contributed by atoms with Crippen LogP contribution in [0.5, 0.6) is 0 Å². The second-order valence-electron chi connectivity index (χ2n) is 4.64. The van der Waals surface area contributed by atoms with Crippen molar-refractivity contribution in [2.45, 2.75) is 49.8 Å². The Balaban J connectivity index is 2.06. The van der Waals surface area contributed by atoms with Gasteiger partial charge < -0.3 is 5.32 Å². The van der Waals surface area contributed by atoms with Crippen LogP contribution in [0.3, 0.4) is 0 Å². The minimum absolute atomic E-state index is 0.341. The fraction of sp³-hybridized carbons (Fsp3) is 0.900. The van der Waals surface area contributed by atoms with E-state index in [2.05, 4.69) is 10.0 Å². The topological polar surface area (TPSA) is 75.3 Å². The van der Waals surface area contributed by atoms with Gasteiger partial charge in [0.15, 0.2) is 0 Å². The summed E-state index contributed by atoms with van der Waals surface area (Å²) >= 11 is 0. The molecule has 1 aliphatic heterocycles. The Morgan fingerprint density at radius 3 is 2.62 bits per heavy atom. The molecule has 1 heterocycles. The standard InChI is InChI=1S/C10H18N2O3S/c1-2-10(6-3-7-11-10)9(13)12-16(14,15)8-4-5-8/h8,11H,2-7H2,1H3,(H,12,13). The summed E-state index contributed by atoms with van der Waals surface area (Å²) in [5, 5.41) is 2.78. The highest BCUT2D eigenvalue weighted by atomic mass is 32.2. The first-order valence-corrected chi connectivity index (χ1v) is 7.36. The maximum atomic E-state index is 12.0. The van der Waals surface area contributed by atoms with Crippen LogP contribution < -0.4 is 10.0 Å². The summed E-state index contributed by atoms with van der Waals surface area (Å²) in [6, 6.07) is 0. The summed E-state index contributed by atoms with van der Waals surface area (Å²) in [4.78, 5) is 12.0. The van der Waals surface area contributed by atoms with E-state index < -0.39 is 15.6 Å². The lowest BCUT2D eigenvalue weighted by Crippen LogP contribution is -2.54. The highest BCUT2D eigenvalue weighted by Crippen LogP contribution is 2.29. The molecule has 1 amide bonds.